The number of amides is 1. The zero-order valence-corrected chi connectivity index (χ0v) is 16.0. The molecule has 4 rings (SSSR count). The highest BCUT2D eigenvalue weighted by atomic mass is 32.2. The van der Waals surface area contributed by atoms with Crippen LogP contribution in [0.1, 0.15) is 18.1 Å². The molecule has 0 radical (unpaired) electrons. The van der Waals surface area contributed by atoms with Crippen LogP contribution in [0, 0.1) is 0 Å². The first-order valence-corrected chi connectivity index (χ1v) is 9.73. The lowest BCUT2D eigenvalue weighted by Gasteiger charge is -2.15. The largest absolute Gasteiger partial charge is 0.422 e. The number of thioether (sulfide) groups is 1. The average molecular weight is 391 g/mol. The van der Waals surface area contributed by atoms with Gasteiger partial charge in [0.05, 0.1) is 23.6 Å². The number of carbonyl (C=O) groups is 1. The van der Waals surface area contributed by atoms with Crippen LogP contribution in [0.25, 0.3) is 11.0 Å². The van der Waals surface area contributed by atoms with Crippen LogP contribution in [0.5, 0.6) is 0 Å². The fourth-order valence-corrected chi connectivity index (χ4v) is 3.71. The highest BCUT2D eigenvalue weighted by molar-refractivity contribution is 8.15. The molecule has 28 heavy (non-hydrogen) atoms. The number of amidine groups is 1. The van der Waals surface area contributed by atoms with E-state index in [0.717, 1.165) is 10.9 Å². The summed E-state index contributed by atoms with van der Waals surface area (Å²) in [5.74, 6) is 0.323. The van der Waals surface area contributed by atoms with Crippen molar-refractivity contribution in [3.63, 3.8) is 0 Å². The molecule has 7 heteroatoms. The first-order chi connectivity index (χ1) is 13.6. The number of benzene rings is 2. The zero-order valence-electron chi connectivity index (χ0n) is 15.2. The second-order valence-electron chi connectivity index (χ2n) is 6.31. The van der Waals surface area contributed by atoms with Gasteiger partial charge in [-0.1, -0.05) is 60.3 Å². The Balaban J connectivity index is 1.62. The summed E-state index contributed by atoms with van der Waals surface area (Å²) in [7, 11) is 0. The van der Waals surface area contributed by atoms with Crippen LogP contribution in [0.4, 0.5) is 0 Å². The van der Waals surface area contributed by atoms with Crippen LogP contribution in [-0.4, -0.2) is 27.4 Å². The van der Waals surface area contributed by atoms with E-state index in [2.05, 4.69) is 10.2 Å². The third-order valence-corrected chi connectivity index (χ3v) is 5.31. The van der Waals surface area contributed by atoms with Crippen molar-refractivity contribution in [3.05, 3.63) is 82.2 Å². The van der Waals surface area contributed by atoms with Gasteiger partial charge in [-0.15, -0.1) is 5.10 Å². The second kappa shape index (κ2) is 7.82. The first kappa shape index (κ1) is 18.2. The molecule has 0 spiro atoms. The molecule has 1 fully saturated rings. The van der Waals surface area contributed by atoms with E-state index in [1.54, 1.807) is 24.0 Å². The molecule has 1 aliphatic heterocycles. The standard InChI is InChI=1S/C21H17N3O3S/c1-14(17-11-16-9-5-6-10-18(16)27-20(17)26)22-23-21-24(19(25)13-28-21)12-15-7-3-2-4-8-15/h2-11H,12-13H2,1H3/b22-14-,23-21+. The molecule has 0 N–H and O–H groups in total. The van der Waals surface area contributed by atoms with E-state index in [-0.39, 0.29) is 5.91 Å². The predicted octanol–water partition coefficient (Wildman–Crippen LogP) is 3.65. The van der Waals surface area contributed by atoms with Gasteiger partial charge in [0.15, 0.2) is 5.17 Å². The minimum atomic E-state index is -0.462. The summed E-state index contributed by atoms with van der Waals surface area (Å²) in [6.45, 7) is 2.15. The second-order valence-corrected chi connectivity index (χ2v) is 7.25. The Bertz CT molecular complexity index is 1150. The van der Waals surface area contributed by atoms with Gasteiger partial charge in [0, 0.05) is 5.39 Å². The zero-order chi connectivity index (χ0) is 19.5. The molecule has 2 aromatic carbocycles. The van der Waals surface area contributed by atoms with E-state index < -0.39 is 5.63 Å². The van der Waals surface area contributed by atoms with Gasteiger partial charge in [0.25, 0.3) is 0 Å². The summed E-state index contributed by atoms with van der Waals surface area (Å²) in [4.78, 5) is 26.1. The molecule has 0 aliphatic carbocycles. The van der Waals surface area contributed by atoms with E-state index in [1.165, 1.54) is 11.8 Å². The van der Waals surface area contributed by atoms with Crippen molar-refractivity contribution < 1.29 is 9.21 Å². The third-order valence-electron chi connectivity index (χ3n) is 4.36. The van der Waals surface area contributed by atoms with Gasteiger partial charge in [-0.3, -0.25) is 9.69 Å². The molecule has 1 amide bonds. The Morgan fingerprint density at radius 1 is 1.11 bits per heavy atom. The highest BCUT2D eigenvalue weighted by Crippen LogP contribution is 2.22. The smallest absolute Gasteiger partial charge is 0.345 e. The molecule has 2 heterocycles. The van der Waals surface area contributed by atoms with Gasteiger partial charge in [-0.05, 0) is 24.6 Å². The van der Waals surface area contributed by atoms with Crippen molar-refractivity contribution in [3.8, 4) is 0 Å². The molecular formula is C21H17N3O3S. The van der Waals surface area contributed by atoms with Gasteiger partial charge in [-0.25, -0.2) is 4.79 Å². The number of nitrogens with zero attached hydrogens (tertiary/aromatic N) is 3. The Kier molecular flexibility index (Phi) is 5.08. The minimum Gasteiger partial charge on any atom is -0.422 e. The van der Waals surface area contributed by atoms with Crippen LogP contribution in [0.15, 0.2) is 80.1 Å². The van der Waals surface area contributed by atoms with Crippen molar-refractivity contribution in [2.75, 3.05) is 5.75 Å². The van der Waals surface area contributed by atoms with Crippen molar-refractivity contribution in [1.82, 2.24) is 4.90 Å². The minimum absolute atomic E-state index is 0.00863. The molecule has 0 saturated carbocycles. The Hall–Kier alpha value is -3.19. The molecule has 6 nitrogen and oxygen atoms in total. The summed E-state index contributed by atoms with van der Waals surface area (Å²) < 4.78 is 5.35. The van der Waals surface area contributed by atoms with E-state index in [1.807, 2.05) is 48.5 Å². The SMILES string of the molecule is C/C(=N/N=C1/SCC(=O)N1Cc1ccccc1)c1cc2ccccc2oc1=O. The highest BCUT2D eigenvalue weighted by Gasteiger charge is 2.28. The number of rotatable bonds is 4. The Labute approximate surface area is 165 Å². The van der Waals surface area contributed by atoms with Gasteiger partial charge >= 0.3 is 5.63 Å². The van der Waals surface area contributed by atoms with Crippen molar-refractivity contribution in [2.24, 2.45) is 10.2 Å². The Morgan fingerprint density at radius 2 is 1.86 bits per heavy atom. The molecule has 1 aliphatic rings. The van der Waals surface area contributed by atoms with Crippen LogP contribution >= 0.6 is 11.8 Å². The summed E-state index contributed by atoms with van der Waals surface area (Å²) in [6, 6.07) is 18.8. The van der Waals surface area contributed by atoms with Gasteiger partial charge < -0.3 is 4.42 Å². The van der Waals surface area contributed by atoms with Crippen LogP contribution < -0.4 is 5.63 Å². The summed E-state index contributed by atoms with van der Waals surface area (Å²) in [5.41, 5.74) is 1.87. The number of hydrogen-bond acceptors (Lipinski definition) is 6. The number of carbonyl (C=O) groups excluding carboxylic acids is 1. The van der Waals surface area contributed by atoms with Gasteiger partial charge in [-0.2, -0.15) is 5.10 Å². The summed E-state index contributed by atoms with van der Waals surface area (Å²) in [5, 5.41) is 9.78. The summed E-state index contributed by atoms with van der Waals surface area (Å²) >= 11 is 1.34. The molecule has 1 aromatic heterocycles. The quantitative estimate of drug-likeness (QED) is 0.386. The number of fused-ring (bicyclic) bond motifs is 1. The fraction of sp³-hybridized carbons (Fsp3) is 0.143. The molecule has 0 bridgehead atoms. The van der Waals surface area contributed by atoms with Gasteiger partial charge in [0.1, 0.15) is 5.58 Å². The number of para-hydroxylation sites is 1. The molecule has 140 valence electrons. The normalized spacial score (nSPS) is 16.3. The van der Waals surface area contributed by atoms with Crippen LogP contribution in [-0.2, 0) is 11.3 Å². The molecule has 0 unspecified atom stereocenters. The van der Waals surface area contributed by atoms with Crippen LogP contribution in [0.2, 0.25) is 0 Å². The molecule has 0 atom stereocenters. The lowest BCUT2D eigenvalue weighted by atomic mass is 10.1. The molecule has 3 aromatic rings. The maximum atomic E-state index is 12.3. The predicted molar refractivity (Wildman–Crippen MR) is 112 cm³/mol. The van der Waals surface area contributed by atoms with E-state index >= 15 is 0 Å². The molecular weight excluding hydrogens is 374 g/mol. The summed E-state index contributed by atoms with van der Waals surface area (Å²) in [6.07, 6.45) is 0. The van der Waals surface area contributed by atoms with Gasteiger partial charge in [0.2, 0.25) is 5.91 Å². The monoisotopic (exact) mass is 391 g/mol. The first-order valence-electron chi connectivity index (χ1n) is 8.74. The fourth-order valence-electron chi connectivity index (χ4n) is 2.88. The Morgan fingerprint density at radius 3 is 2.68 bits per heavy atom. The molecule has 1 saturated heterocycles. The van der Waals surface area contributed by atoms with E-state index in [4.69, 9.17) is 4.42 Å². The van der Waals surface area contributed by atoms with Crippen molar-refractivity contribution in [1.29, 1.82) is 0 Å². The van der Waals surface area contributed by atoms with Crippen molar-refractivity contribution >= 4 is 39.5 Å². The van der Waals surface area contributed by atoms with E-state index in [9.17, 15) is 9.59 Å². The number of hydrogen-bond donors (Lipinski definition) is 0. The lowest BCUT2D eigenvalue weighted by Crippen LogP contribution is -2.28. The van der Waals surface area contributed by atoms with Crippen LogP contribution in [0.3, 0.4) is 0 Å². The maximum absolute atomic E-state index is 12.3. The average Bonchev–Trinajstić information content (AvgIpc) is 3.06. The lowest BCUT2D eigenvalue weighted by molar-refractivity contribution is -0.124. The van der Waals surface area contributed by atoms with Crippen molar-refractivity contribution in [2.45, 2.75) is 13.5 Å². The van der Waals surface area contributed by atoms with E-state index in [0.29, 0.717) is 34.3 Å². The topological polar surface area (TPSA) is 75.2 Å². The maximum Gasteiger partial charge on any atom is 0.345 e. The third kappa shape index (κ3) is 3.75.